The fraction of sp³-hybridized carbons (Fsp3) is 0.941. The molecule has 0 saturated heterocycles. The first-order valence-electron chi connectivity index (χ1n) is 9.18. The molecule has 3 atom stereocenters. The SMILES string of the molecule is CCCCCCCCCCNCCNC(=O)[C@H](O)[C@H](O)[C@H](O)CO. The number of hydrogen-bond donors (Lipinski definition) is 6. The van der Waals surface area contributed by atoms with E-state index in [1.165, 1.54) is 44.9 Å². The number of aliphatic hydroxyl groups is 4. The smallest absolute Gasteiger partial charge is 0.251 e. The minimum atomic E-state index is -1.75. The molecule has 0 unspecified atom stereocenters. The zero-order valence-corrected chi connectivity index (χ0v) is 14.9. The predicted molar refractivity (Wildman–Crippen MR) is 93.6 cm³/mol. The highest BCUT2D eigenvalue weighted by molar-refractivity contribution is 5.81. The molecule has 6 N–H and O–H groups in total. The highest BCUT2D eigenvalue weighted by atomic mass is 16.4. The lowest BCUT2D eigenvalue weighted by molar-refractivity contribution is -0.142. The molecule has 0 fully saturated rings. The summed E-state index contributed by atoms with van der Waals surface area (Å²) in [4.78, 5) is 11.5. The average molecular weight is 348 g/mol. The molecule has 0 spiro atoms. The van der Waals surface area contributed by atoms with Gasteiger partial charge in [-0.15, -0.1) is 0 Å². The Morgan fingerprint density at radius 2 is 1.46 bits per heavy atom. The normalized spacial score (nSPS) is 15.0. The van der Waals surface area contributed by atoms with Gasteiger partial charge >= 0.3 is 0 Å². The number of amides is 1. The molecule has 7 heteroatoms. The number of carbonyl (C=O) groups is 1. The van der Waals surface area contributed by atoms with E-state index >= 15 is 0 Å². The second kappa shape index (κ2) is 15.8. The lowest BCUT2D eigenvalue weighted by Gasteiger charge is -2.20. The summed E-state index contributed by atoms with van der Waals surface area (Å²) >= 11 is 0. The maximum atomic E-state index is 11.5. The molecule has 0 radical (unpaired) electrons. The molecule has 144 valence electrons. The highest BCUT2D eigenvalue weighted by Gasteiger charge is 2.29. The zero-order valence-electron chi connectivity index (χ0n) is 14.9. The van der Waals surface area contributed by atoms with Crippen LogP contribution in [0.1, 0.15) is 58.3 Å². The van der Waals surface area contributed by atoms with E-state index in [1.807, 2.05) is 0 Å². The van der Waals surface area contributed by atoms with Crippen molar-refractivity contribution in [1.82, 2.24) is 10.6 Å². The van der Waals surface area contributed by atoms with Crippen LogP contribution in [0.2, 0.25) is 0 Å². The Hall–Kier alpha value is -0.730. The third-order valence-corrected chi connectivity index (χ3v) is 3.98. The van der Waals surface area contributed by atoms with Crippen LogP contribution in [-0.4, -0.2) is 70.9 Å². The van der Waals surface area contributed by atoms with Crippen molar-refractivity contribution in [3.8, 4) is 0 Å². The maximum Gasteiger partial charge on any atom is 0.251 e. The molecule has 0 aliphatic carbocycles. The van der Waals surface area contributed by atoms with Gasteiger partial charge in [0.1, 0.15) is 12.2 Å². The molecular weight excluding hydrogens is 312 g/mol. The van der Waals surface area contributed by atoms with Crippen molar-refractivity contribution in [2.75, 3.05) is 26.2 Å². The molecule has 24 heavy (non-hydrogen) atoms. The van der Waals surface area contributed by atoms with E-state index in [1.54, 1.807) is 0 Å². The molecule has 0 aliphatic rings. The minimum Gasteiger partial charge on any atom is -0.394 e. The molecule has 0 aromatic rings. The quantitative estimate of drug-likeness (QED) is 0.217. The number of hydrogen-bond acceptors (Lipinski definition) is 6. The summed E-state index contributed by atoms with van der Waals surface area (Å²) < 4.78 is 0. The molecule has 7 nitrogen and oxygen atoms in total. The topological polar surface area (TPSA) is 122 Å². The van der Waals surface area contributed by atoms with Gasteiger partial charge < -0.3 is 31.1 Å². The Labute approximate surface area is 145 Å². The van der Waals surface area contributed by atoms with Crippen LogP contribution in [0.3, 0.4) is 0 Å². The number of aliphatic hydroxyl groups excluding tert-OH is 4. The largest absolute Gasteiger partial charge is 0.394 e. The minimum absolute atomic E-state index is 0.328. The lowest BCUT2D eigenvalue weighted by atomic mass is 10.1. The zero-order chi connectivity index (χ0) is 18.2. The molecule has 0 heterocycles. The van der Waals surface area contributed by atoms with Gasteiger partial charge in [0.25, 0.3) is 5.91 Å². The third kappa shape index (κ3) is 11.8. The van der Waals surface area contributed by atoms with E-state index in [0.29, 0.717) is 13.1 Å². The first-order chi connectivity index (χ1) is 11.5. The van der Waals surface area contributed by atoms with Crippen LogP contribution >= 0.6 is 0 Å². The summed E-state index contributed by atoms with van der Waals surface area (Å²) in [5.74, 6) is -0.760. The third-order valence-electron chi connectivity index (χ3n) is 3.98. The van der Waals surface area contributed by atoms with E-state index in [2.05, 4.69) is 17.6 Å². The van der Waals surface area contributed by atoms with E-state index in [-0.39, 0.29) is 0 Å². The van der Waals surface area contributed by atoms with Gasteiger partial charge in [-0.2, -0.15) is 0 Å². The van der Waals surface area contributed by atoms with Crippen molar-refractivity contribution in [1.29, 1.82) is 0 Å². The van der Waals surface area contributed by atoms with Gasteiger partial charge in [0, 0.05) is 13.1 Å². The van der Waals surface area contributed by atoms with E-state index in [9.17, 15) is 15.0 Å². The Morgan fingerprint density at radius 3 is 2.04 bits per heavy atom. The Kier molecular flexibility index (Phi) is 15.3. The predicted octanol–water partition coefficient (Wildman–Crippen LogP) is -0.0921. The van der Waals surface area contributed by atoms with Crippen LogP contribution in [0.15, 0.2) is 0 Å². The first kappa shape index (κ1) is 23.3. The second-order valence-electron chi connectivity index (χ2n) is 6.20. The fourth-order valence-electron chi connectivity index (χ4n) is 2.36. The van der Waals surface area contributed by atoms with Gasteiger partial charge in [-0.25, -0.2) is 0 Å². The number of nitrogens with one attached hydrogen (secondary N) is 2. The highest BCUT2D eigenvalue weighted by Crippen LogP contribution is 2.07. The van der Waals surface area contributed by atoms with Crippen LogP contribution in [0.25, 0.3) is 0 Å². The molecule has 0 aromatic carbocycles. The van der Waals surface area contributed by atoms with Gasteiger partial charge in [0.15, 0.2) is 6.10 Å². The number of rotatable bonds is 16. The van der Waals surface area contributed by atoms with Gasteiger partial charge in [-0.05, 0) is 13.0 Å². The van der Waals surface area contributed by atoms with Crippen LogP contribution in [0.4, 0.5) is 0 Å². The fourth-order valence-corrected chi connectivity index (χ4v) is 2.36. The summed E-state index contributed by atoms with van der Waals surface area (Å²) in [7, 11) is 0. The average Bonchev–Trinajstić information content (AvgIpc) is 2.60. The van der Waals surface area contributed by atoms with E-state index in [0.717, 1.165) is 13.0 Å². The molecule has 0 rings (SSSR count). The maximum absolute atomic E-state index is 11.5. The molecule has 0 aromatic heterocycles. The molecule has 0 saturated carbocycles. The summed E-state index contributed by atoms with van der Waals surface area (Å²) in [5.41, 5.74) is 0. The molecular formula is C17H36N2O5. The van der Waals surface area contributed by atoms with Gasteiger partial charge in [0.05, 0.1) is 6.61 Å². The van der Waals surface area contributed by atoms with Crippen LogP contribution < -0.4 is 10.6 Å². The van der Waals surface area contributed by atoms with Crippen molar-refractivity contribution in [3.63, 3.8) is 0 Å². The monoisotopic (exact) mass is 348 g/mol. The van der Waals surface area contributed by atoms with Crippen molar-refractivity contribution >= 4 is 5.91 Å². The standard InChI is InChI=1S/C17H36N2O5/c1-2-3-4-5-6-7-8-9-10-18-11-12-19-17(24)16(23)15(22)14(21)13-20/h14-16,18,20-23H,2-13H2,1H3,(H,19,24)/t14-,15-,16-/m1/s1. The van der Waals surface area contributed by atoms with Crippen LogP contribution in [0, 0.1) is 0 Å². The summed E-state index contributed by atoms with van der Waals surface area (Å²) in [5, 5.41) is 42.4. The van der Waals surface area contributed by atoms with Crippen molar-refractivity contribution in [2.24, 2.45) is 0 Å². The Morgan fingerprint density at radius 1 is 0.875 bits per heavy atom. The number of carbonyl (C=O) groups excluding carboxylic acids is 1. The number of unbranched alkanes of at least 4 members (excludes halogenated alkanes) is 7. The summed E-state index contributed by atoms with van der Waals surface area (Å²) in [6, 6.07) is 0. The molecule has 0 bridgehead atoms. The van der Waals surface area contributed by atoms with Gasteiger partial charge in [-0.1, -0.05) is 51.9 Å². The Bertz CT molecular complexity index is 305. The Balaban J connectivity index is 3.45. The first-order valence-corrected chi connectivity index (χ1v) is 9.18. The van der Waals surface area contributed by atoms with Crippen molar-refractivity contribution in [2.45, 2.75) is 76.6 Å². The lowest BCUT2D eigenvalue weighted by Crippen LogP contribution is -2.49. The second-order valence-corrected chi connectivity index (χ2v) is 6.20. The summed E-state index contributed by atoms with van der Waals surface area (Å²) in [6.07, 6.45) is 5.16. The van der Waals surface area contributed by atoms with Gasteiger partial charge in [-0.3, -0.25) is 4.79 Å². The van der Waals surface area contributed by atoms with E-state index in [4.69, 9.17) is 10.2 Å². The molecule has 1 amide bonds. The van der Waals surface area contributed by atoms with Crippen LogP contribution in [-0.2, 0) is 4.79 Å². The summed E-state index contributed by atoms with van der Waals surface area (Å²) in [6.45, 7) is 3.29. The van der Waals surface area contributed by atoms with Gasteiger partial charge in [0.2, 0.25) is 0 Å². The van der Waals surface area contributed by atoms with Crippen molar-refractivity contribution in [3.05, 3.63) is 0 Å². The molecule has 0 aliphatic heterocycles. The van der Waals surface area contributed by atoms with E-state index < -0.39 is 30.8 Å². The van der Waals surface area contributed by atoms with Crippen LogP contribution in [0.5, 0.6) is 0 Å². The van der Waals surface area contributed by atoms with Crippen molar-refractivity contribution < 1.29 is 25.2 Å².